The number of nitrogens with zero attached hydrogens (tertiary/aromatic N) is 2. The topological polar surface area (TPSA) is 29.9 Å². The van der Waals surface area contributed by atoms with Gasteiger partial charge in [0.05, 0.1) is 14.6 Å². The van der Waals surface area contributed by atoms with Crippen molar-refractivity contribution in [1.82, 2.24) is 15.1 Å². The van der Waals surface area contributed by atoms with Crippen molar-refractivity contribution in [2.45, 2.75) is 26.4 Å². The van der Waals surface area contributed by atoms with Gasteiger partial charge in [0.2, 0.25) is 0 Å². The molecule has 2 rings (SSSR count). The van der Waals surface area contributed by atoms with Gasteiger partial charge in [-0.2, -0.15) is 5.10 Å². The van der Waals surface area contributed by atoms with Gasteiger partial charge in [-0.25, -0.2) is 0 Å². The Bertz CT molecular complexity index is 478. The molecule has 0 amide bonds. The Hall–Kier alpha value is -0.400. The fraction of sp³-hybridized carbons (Fsp3) is 0.417. The number of nitrogens with one attached hydrogen (secondary N) is 1. The van der Waals surface area contributed by atoms with Crippen molar-refractivity contribution < 1.29 is 0 Å². The van der Waals surface area contributed by atoms with Crippen molar-refractivity contribution >= 4 is 33.9 Å². The Labute approximate surface area is 119 Å². The highest BCUT2D eigenvalue weighted by Crippen LogP contribution is 2.27. The molecule has 2 heterocycles. The van der Waals surface area contributed by atoms with Gasteiger partial charge in [-0.1, -0.05) is 6.92 Å². The second-order valence-corrected chi connectivity index (χ2v) is 6.55. The van der Waals surface area contributed by atoms with Gasteiger partial charge < -0.3 is 5.32 Å². The zero-order chi connectivity index (χ0) is 12.3. The maximum atomic E-state index is 4.35. The number of halogens is 1. The van der Waals surface area contributed by atoms with Crippen molar-refractivity contribution in [2.75, 3.05) is 6.54 Å². The van der Waals surface area contributed by atoms with E-state index in [2.05, 4.69) is 69.0 Å². The second-order valence-electron chi connectivity index (χ2n) is 3.75. The fourth-order valence-electron chi connectivity index (χ4n) is 1.92. The minimum atomic E-state index is 0.252. The molecule has 0 fully saturated rings. The number of aromatic nitrogens is 2. The van der Waals surface area contributed by atoms with E-state index in [0.29, 0.717) is 0 Å². The molecule has 1 N–H and O–H groups in total. The van der Waals surface area contributed by atoms with E-state index in [1.807, 2.05) is 6.20 Å². The highest BCUT2D eigenvalue weighted by Gasteiger charge is 2.17. The number of aryl methyl sites for hydroxylation is 1. The summed E-state index contributed by atoms with van der Waals surface area (Å²) in [6.07, 6.45) is 1.88. The first-order valence-corrected chi connectivity index (χ1v) is 7.71. The van der Waals surface area contributed by atoms with Crippen LogP contribution in [0.4, 0.5) is 0 Å². The molecule has 0 saturated carbocycles. The average Bonchev–Trinajstić information content (AvgIpc) is 2.94. The van der Waals surface area contributed by atoms with Crippen molar-refractivity contribution in [3.05, 3.63) is 37.9 Å². The Morgan fingerprint density at radius 2 is 2.35 bits per heavy atom. The molecular weight excluding hydrogens is 345 g/mol. The zero-order valence-corrected chi connectivity index (χ0v) is 13.0. The summed E-state index contributed by atoms with van der Waals surface area (Å²) in [4.78, 5) is 0. The largest absolute Gasteiger partial charge is 0.305 e. The molecule has 3 nitrogen and oxygen atoms in total. The minimum absolute atomic E-state index is 0.252. The molecule has 92 valence electrons. The van der Waals surface area contributed by atoms with E-state index in [1.165, 1.54) is 14.1 Å². The monoisotopic (exact) mass is 361 g/mol. The molecule has 1 atom stereocenters. The number of hydrogen-bond acceptors (Lipinski definition) is 3. The van der Waals surface area contributed by atoms with Crippen LogP contribution < -0.4 is 5.32 Å². The summed E-state index contributed by atoms with van der Waals surface area (Å²) in [7, 11) is 0. The third kappa shape index (κ3) is 2.89. The normalized spacial score (nSPS) is 12.9. The predicted molar refractivity (Wildman–Crippen MR) is 80.5 cm³/mol. The number of thiophene rings is 1. The summed E-state index contributed by atoms with van der Waals surface area (Å²) in [6, 6.07) is 4.59. The lowest BCUT2D eigenvalue weighted by atomic mass is 10.1. The first-order chi connectivity index (χ1) is 8.26. The molecule has 0 aliphatic rings. The minimum Gasteiger partial charge on any atom is -0.305 e. The number of rotatable bonds is 5. The lowest BCUT2D eigenvalue weighted by molar-refractivity contribution is 0.543. The summed E-state index contributed by atoms with van der Waals surface area (Å²) in [5.74, 6) is 0. The molecule has 0 aliphatic carbocycles. The standard InChI is InChI=1S/C12H16IN3S/c1-3-14-12(9-7-11(13)17-8-9)10-5-6-15-16(10)4-2/h5-8,12,14H,3-4H2,1-2H3. The van der Waals surface area contributed by atoms with Crippen LogP contribution in [0, 0.1) is 2.88 Å². The lowest BCUT2D eigenvalue weighted by Gasteiger charge is -2.18. The Balaban J connectivity index is 2.35. The maximum Gasteiger partial charge on any atom is 0.0756 e. The van der Waals surface area contributed by atoms with Gasteiger partial charge in [0, 0.05) is 12.7 Å². The molecule has 0 radical (unpaired) electrons. The van der Waals surface area contributed by atoms with Gasteiger partial charge in [0.15, 0.2) is 0 Å². The first kappa shape index (κ1) is 13.0. The Kier molecular flexibility index (Phi) is 4.58. The van der Waals surface area contributed by atoms with Crippen LogP contribution in [0.1, 0.15) is 31.1 Å². The van der Waals surface area contributed by atoms with Crippen LogP contribution >= 0.6 is 33.9 Å². The molecule has 2 aromatic rings. The van der Waals surface area contributed by atoms with E-state index in [4.69, 9.17) is 0 Å². The molecule has 0 bridgehead atoms. The third-order valence-corrected chi connectivity index (χ3v) is 4.48. The SMILES string of the molecule is CCNC(c1csc(I)c1)c1ccnn1CC. The Morgan fingerprint density at radius 3 is 2.94 bits per heavy atom. The zero-order valence-electron chi connectivity index (χ0n) is 9.98. The molecule has 5 heteroatoms. The van der Waals surface area contributed by atoms with Gasteiger partial charge in [0.25, 0.3) is 0 Å². The lowest BCUT2D eigenvalue weighted by Crippen LogP contribution is -2.24. The molecule has 2 aromatic heterocycles. The molecule has 0 aliphatic heterocycles. The third-order valence-electron chi connectivity index (χ3n) is 2.67. The quantitative estimate of drug-likeness (QED) is 0.829. The van der Waals surface area contributed by atoms with Gasteiger partial charge >= 0.3 is 0 Å². The molecular formula is C12H16IN3S. The highest BCUT2D eigenvalue weighted by molar-refractivity contribution is 14.1. The summed E-state index contributed by atoms with van der Waals surface area (Å²) in [5, 5.41) is 10.1. The summed E-state index contributed by atoms with van der Waals surface area (Å²) >= 11 is 4.15. The van der Waals surface area contributed by atoms with Crippen LogP contribution in [0.2, 0.25) is 0 Å². The van der Waals surface area contributed by atoms with Gasteiger partial charge in [-0.15, -0.1) is 11.3 Å². The average molecular weight is 361 g/mol. The van der Waals surface area contributed by atoms with Crippen LogP contribution in [0.3, 0.4) is 0 Å². The second kappa shape index (κ2) is 5.97. The van der Waals surface area contributed by atoms with E-state index in [9.17, 15) is 0 Å². The van der Waals surface area contributed by atoms with Crippen LogP contribution in [-0.4, -0.2) is 16.3 Å². The predicted octanol–water partition coefficient (Wildman–Crippen LogP) is 3.27. The summed E-state index contributed by atoms with van der Waals surface area (Å²) in [6.45, 7) is 6.12. The maximum absolute atomic E-state index is 4.35. The molecule has 1 unspecified atom stereocenters. The van der Waals surface area contributed by atoms with Crippen LogP contribution in [-0.2, 0) is 6.54 Å². The smallest absolute Gasteiger partial charge is 0.0756 e. The van der Waals surface area contributed by atoms with Crippen molar-refractivity contribution in [2.24, 2.45) is 0 Å². The Morgan fingerprint density at radius 1 is 1.53 bits per heavy atom. The van der Waals surface area contributed by atoms with Gasteiger partial charge in [-0.3, -0.25) is 4.68 Å². The van der Waals surface area contributed by atoms with Gasteiger partial charge in [-0.05, 0) is 59.1 Å². The molecule has 0 aromatic carbocycles. The van der Waals surface area contributed by atoms with E-state index < -0.39 is 0 Å². The van der Waals surface area contributed by atoms with Crippen molar-refractivity contribution in [3.63, 3.8) is 0 Å². The summed E-state index contributed by atoms with van der Waals surface area (Å²) < 4.78 is 3.38. The van der Waals surface area contributed by atoms with Crippen LogP contribution in [0.5, 0.6) is 0 Å². The van der Waals surface area contributed by atoms with Gasteiger partial charge in [0.1, 0.15) is 0 Å². The van der Waals surface area contributed by atoms with E-state index >= 15 is 0 Å². The van der Waals surface area contributed by atoms with E-state index in [1.54, 1.807) is 11.3 Å². The fourth-order valence-corrected chi connectivity index (χ4v) is 3.32. The summed E-state index contributed by atoms with van der Waals surface area (Å²) in [5.41, 5.74) is 2.57. The van der Waals surface area contributed by atoms with Crippen molar-refractivity contribution in [3.8, 4) is 0 Å². The van der Waals surface area contributed by atoms with Crippen LogP contribution in [0.25, 0.3) is 0 Å². The van der Waals surface area contributed by atoms with Crippen molar-refractivity contribution in [1.29, 1.82) is 0 Å². The first-order valence-electron chi connectivity index (χ1n) is 5.75. The van der Waals surface area contributed by atoms with Crippen LogP contribution in [0.15, 0.2) is 23.7 Å². The number of hydrogen-bond donors (Lipinski definition) is 1. The van der Waals surface area contributed by atoms with E-state index in [-0.39, 0.29) is 6.04 Å². The molecule has 17 heavy (non-hydrogen) atoms. The molecule has 0 spiro atoms. The molecule has 0 saturated heterocycles. The van der Waals surface area contributed by atoms with E-state index in [0.717, 1.165) is 13.1 Å². The highest BCUT2D eigenvalue weighted by atomic mass is 127.